The molecule has 1 aliphatic heterocycles. The van der Waals surface area contributed by atoms with Crippen LogP contribution in [0.3, 0.4) is 0 Å². The highest BCUT2D eigenvalue weighted by atomic mass is 79.9. The number of rotatable bonds is 3. The molecule has 1 aromatic rings. The molecule has 1 aromatic carbocycles. The molecule has 0 spiro atoms. The summed E-state index contributed by atoms with van der Waals surface area (Å²) < 4.78 is 6.43. The monoisotopic (exact) mass is 284 g/mol. The number of carbonyl (C=O) groups excluding carboxylic acids is 1. The Morgan fingerprint density at radius 2 is 2.38 bits per heavy atom. The van der Waals surface area contributed by atoms with Crippen molar-refractivity contribution in [1.82, 2.24) is 5.32 Å². The number of benzene rings is 1. The molecule has 0 bridgehead atoms. The normalized spacial score (nSPS) is 19.7. The largest absolute Gasteiger partial charge is 0.488 e. The van der Waals surface area contributed by atoms with Crippen molar-refractivity contribution in [1.29, 1.82) is 0 Å². The topological polar surface area (TPSA) is 64.4 Å². The lowest BCUT2D eigenvalue weighted by Crippen LogP contribution is -2.22. The van der Waals surface area contributed by atoms with Crippen molar-refractivity contribution in [3.05, 3.63) is 28.2 Å². The van der Waals surface area contributed by atoms with Gasteiger partial charge in [-0.3, -0.25) is 4.79 Å². The third-order valence-corrected chi connectivity index (χ3v) is 3.19. The molecule has 86 valence electrons. The zero-order valence-corrected chi connectivity index (χ0v) is 10.3. The van der Waals surface area contributed by atoms with Gasteiger partial charge in [-0.1, -0.05) is 6.07 Å². The van der Waals surface area contributed by atoms with E-state index in [0.29, 0.717) is 15.8 Å². The average Bonchev–Trinajstić information content (AvgIpc) is 2.70. The fourth-order valence-corrected chi connectivity index (χ4v) is 2.29. The van der Waals surface area contributed by atoms with Gasteiger partial charge in [-0.05, 0) is 41.0 Å². The van der Waals surface area contributed by atoms with E-state index in [1.165, 1.54) is 0 Å². The van der Waals surface area contributed by atoms with E-state index in [1.807, 2.05) is 6.07 Å². The van der Waals surface area contributed by atoms with Crippen LogP contribution in [-0.4, -0.2) is 25.1 Å². The zero-order valence-electron chi connectivity index (χ0n) is 8.70. The van der Waals surface area contributed by atoms with Crippen LogP contribution >= 0.6 is 15.9 Å². The summed E-state index contributed by atoms with van der Waals surface area (Å²) in [7, 11) is 0. The van der Waals surface area contributed by atoms with Gasteiger partial charge in [0.25, 0.3) is 5.91 Å². The van der Waals surface area contributed by atoms with E-state index in [1.54, 1.807) is 12.1 Å². The van der Waals surface area contributed by atoms with Gasteiger partial charge in [0.05, 0.1) is 5.56 Å². The predicted molar refractivity (Wildman–Crippen MR) is 64.6 cm³/mol. The van der Waals surface area contributed by atoms with Crippen molar-refractivity contribution in [3.8, 4) is 5.75 Å². The van der Waals surface area contributed by atoms with Crippen LogP contribution in [0.15, 0.2) is 22.7 Å². The lowest BCUT2D eigenvalue weighted by molar-refractivity contribution is 0.0993. The number of hydrogen-bond acceptors (Lipinski definition) is 3. The quantitative estimate of drug-likeness (QED) is 0.879. The molecule has 5 heteroatoms. The molecule has 1 heterocycles. The van der Waals surface area contributed by atoms with E-state index in [9.17, 15) is 4.79 Å². The van der Waals surface area contributed by atoms with Gasteiger partial charge in [0.15, 0.2) is 0 Å². The lowest BCUT2D eigenvalue weighted by atomic mass is 10.2. The lowest BCUT2D eigenvalue weighted by Gasteiger charge is -2.15. The second-order valence-electron chi connectivity index (χ2n) is 3.71. The Hall–Kier alpha value is -1.07. The van der Waals surface area contributed by atoms with Crippen molar-refractivity contribution in [2.24, 2.45) is 5.73 Å². The Kier molecular flexibility index (Phi) is 3.46. The maximum atomic E-state index is 11.3. The number of nitrogens with one attached hydrogen (secondary N) is 1. The third kappa shape index (κ3) is 2.36. The minimum atomic E-state index is -0.478. The highest BCUT2D eigenvalue weighted by molar-refractivity contribution is 9.10. The van der Waals surface area contributed by atoms with Crippen LogP contribution < -0.4 is 15.8 Å². The molecule has 4 nitrogen and oxygen atoms in total. The van der Waals surface area contributed by atoms with Crippen LogP contribution in [0.5, 0.6) is 5.75 Å². The number of hydrogen-bond donors (Lipinski definition) is 2. The molecule has 0 aliphatic carbocycles. The summed E-state index contributed by atoms with van der Waals surface area (Å²) in [6, 6.07) is 5.37. The van der Waals surface area contributed by atoms with Crippen molar-refractivity contribution < 1.29 is 9.53 Å². The molecule has 0 aromatic heterocycles. The van der Waals surface area contributed by atoms with E-state index < -0.39 is 5.91 Å². The SMILES string of the molecule is NC(=O)c1c(Br)cccc1OC1CCNC1. The number of carbonyl (C=O) groups is 1. The average molecular weight is 285 g/mol. The number of halogens is 1. The summed E-state index contributed by atoms with van der Waals surface area (Å²) in [5, 5.41) is 3.20. The Morgan fingerprint density at radius 1 is 1.56 bits per heavy atom. The molecule has 1 fully saturated rings. The van der Waals surface area contributed by atoms with Gasteiger partial charge in [0.1, 0.15) is 11.9 Å². The van der Waals surface area contributed by atoms with Crippen LogP contribution in [0.1, 0.15) is 16.8 Å². The number of amides is 1. The standard InChI is InChI=1S/C11H13BrN2O2/c12-8-2-1-3-9(10(8)11(13)15)16-7-4-5-14-6-7/h1-3,7,14H,4-6H2,(H2,13,15). The first kappa shape index (κ1) is 11.4. The molecule has 1 atom stereocenters. The maximum absolute atomic E-state index is 11.3. The van der Waals surface area contributed by atoms with E-state index >= 15 is 0 Å². The van der Waals surface area contributed by atoms with Gasteiger partial charge in [0, 0.05) is 11.0 Å². The Balaban J connectivity index is 2.25. The van der Waals surface area contributed by atoms with Crippen LogP contribution in [-0.2, 0) is 0 Å². The van der Waals surface area contributed by atoms with Crippen molar-refractivity contribution in [2.75, 3.05) is 13.1 Å². The first-order valence-electron chi connectivity index (χ1n) is 5.14. The fraction of sp³-hybridized carbons (Fsp3) is 0.364. The molecule has 2 rings (SSSR count). The van der Waals surface area contributed by atoms with Crippen molar-refractivity contribution >= 4 is 21.8 Å². The fourth-order valence-electron chi connectivity index (χ4n) is 1.75. The van der Waals surface area contributed by atoms with Crippen molar-refractivity contribution in [2.45, 2.75) is 12.5 Å². The molecule has 16 heavy (non-hydrogen) atoms. The third-order valence-electron chi connectivity index (χ3n) is 2.53. The molecule has 0 radical (unpaired) electrons. The number of primary amides is 1. The first-order valence-corrected chi connectivity index (χ1v) is 5.93. The van der Waals surface area contributed by atoms with E-state index in [-0.39, 0.29) is 6.10 Å². The number of nitrogens with two attached hydrogens (primary N) is 1. The first-order chi connectivity index (χ1) is 7.68. The molecular weight excluding hydrogens is 272 g/mol. The second kappa shape index (κ2) is 4.84. The molecule has 1 aliphatic rings. The van der Waals surface area contributed by atoms with E-state index in [2.05, 4.69) is 21.2 Å². The highest BCUT2D eigenvalue weighted by Gasteiger charge is 2.20. The molecule has 1 saturated heterocycles. The van der Waals surface area contributed by atoms with Gasteiger partial charge < -0.3 is 15.8 Å². The van der Waals surface area contributed by atoms with Crippen LogP contribution in [0.2, 0.25) is 0 Å². The minimum Gasteiger partial charge on any atom is -0.488 e. The predicted octanol–water partition coefficient (Wildman–Crippen LogP) is 1.29. The summed E-state index contributed by atoms with van der Waals surface area (Å²) in [4.78, 5) is 11.3. The molecule has 1 amide bonds. The Bertz CT molecular complexity index is 403. The zero-order chi connectivity index (χ0) is 11.5. The van der Waals surface area contributed by atoms with E-state index in [0.717, 1.165) is 19.5 Å². The molecular formula is C11H13BrN2O2. The maximum Gasteiger partial charge on any atom is 0.253 e. The minimum absolute atomic E-state index is 0.118. The van der Waals surface area contributed by atoms with Crippen LogP contribution in [0.4, 0.5) is 0 Å². The summed E-state index contributed by atoms with van der Waals surface area (Å²) in [6.07, 6.45) is 1.07. The van der Waals surface area contributed by atoms with Gasteiger partial charge in [0.2, 0.25) is 0 Å². The highest BCUT2D eigenvalue weighted by Crippen LogP contribution is 2.27. The second-order valence-corrected chi connectivity index (χ2v) is 4.56. The number of ether oxygens (including phenoxy) is 1. The Labute approximate surface area is 102 Å². The van der Waals surface area contributed by atoms with Crippen LogP contribution in [0.25, 0.3) is 0 Å². The van der Waals surface area contributed by atoms with Gasteiger partial charge in [-0.2, -0.15) is 0 Å². The van der Waals surface area contributed by atoms with Gasteiger partial charge >= 0.3 is 0 Å². The van der Waals surface area contributed by atoms with E-state index in [4.69, 9.17) is 10.5 Å². The molecule has 3 N–H and O–H groups in total. The summed E-state index contributed by atoms with van der Waals surface area (Å²) >= 11 is 3.30. The Morgan fingerprint density at radius 3 is 3.00 bits per heavy atom. The van der Waals surface area contributed by atoms with Crippen LogP contribution in [0, 0.1) is 0 Å². The summed E-state index contributed by atoms with van der Waals surface area (Å²) in [5.41, 5.74) is 5.74. The van der Waals surface area contributed by atoms with Crippen molar-refractivity contribution in [3.63, 3.8) is 0 Å². The van der Waals surface area contributed by atoms with Gasteiger partial charge in [-0.15, -0.1) is 0 Å². The molecule has 1 unspecified atom stereocenters. The smallest absolute Gasteiger partial charge is 0.253 e. The summed E-state index contributed by atoms with van der Waals surface area (Å²) in [6.45, 7) is 1.76. The molecule has 0 saturated carbocycles. The van der Waals surface area contributed by atoms with Gasteiger partial charge in [-0.25, -0.2) is 0 Å². The summed E-state index contributed by atoms with van der Waals surface area (Å²) in [5.74, 6) is 0.0732.